The van der Waals surface area contributed by atoms with Crippen molar-refractivity contribution >= 4 is 21.6 Å². The third kappa shape index (κ3) is 4.65. The average molecular weight is 483 g/mol. The third-order valence-corrected chi connectivity index (χ3v) is 7.32. The topological polar surface area (TPSA) is 94.2 Å². The van der Waals surface area contributed by atoms with E-state index >= 15 is 0 Å². The molecule has 9 heteroatoms. The number of amides is 1. The summed E-state index contributed by atoms with van der Waals surface area (Å²) in [6, 6.07) is 18.7. The number of nitrogens with zero attached hydrogens (tertiary/aromatic N) is 1. The van der Waals surface area contributed by atoms with E-state index in [1.807, 2.05) is 19.1 Å². The number of benzene rings is 3. The van der Waals surface area contributed by atoms with Crippen molar-refractivity contribution < 1.29 is 27.4 Å². The molecule has 0 radical (unpaired) electrons. The van der Waals surface area contributed by atoms with Gasteiger partial charge in [0.05, 0.1) is 31.3 Å². The summed E-state index contributed by atoms with van der Waals surface area (Å²) >= 11 is 0. The van der Waals surface area contributed by atoms with E-state index in [0.29, 0.717) is 22.9 Å². The molecule has 4 rings (SSSR count). The lowest BCUT2D eigenvalue weighted by molar-refractivity contribution is -0.127. The first kappa shape index (κ1) is 23.4. The van der Waals surface area contributed by atoms with E-state index in [9.17, 15) is 13.2 Å². The lowest BCUT2D eigenvalue weighted by Crippen LogP contribution is -2.50. The minimum absolute atomic E-state index is 0.146. The molecule has 1 N–H and O–H groups in total. The largest absolute Gasteiger partial charge is 0.493 e. The summed E-state index contributed by atoms with van der Waals surface area (Å²) in [7, 11) is -0.807. The Morgan fingerprint density at radius 3 is 2.47 bits per heavy atom. The molecule has 0 saturated heterocycles. The van der Waals surface area contributed by atoms with Crippen LogP contribution in [0.2, 0.25) is 0 Å². The highest BCUT2D eigenvalue weighted by molar-refractivity contribution is 7.92. The minimum atomic E-state index is -3.90. The van der Waals surface area contributed by atoms with Gasteiger partial charge in [0.2, 0.25) is 0 Å². The van der Waals surface area contributed by atoms with Crippen LogP contribution in [0, 0.1) is 6.92 Å². The summed E-state index contributed by atoms with van der Waals surface area (Å²) in [5, 5.41) is 2.83. The number of hydrogen-bond acceptors (Lipinski definition) is 6. The number of anilines is 1. The fourth-order valence-corrected chi connectivity index (χ4v) is 5.24. The Kier molecular flexibility index (Phi) is 6.65. The maximum Gasteiger partial charge on any atom is 0.264 e. The van der Waals surface area contributed by atoms with Crippen molar-refractivity contribution in [3.63, 3.8) is 0 Å². The molecule has 178 valence electrons. The molecular formula is C25H26N2O6S. The molecule has 1 heterocycles. The predicted octanol–water partition coefficient (Wildman–Crippen LogP) is 3.28. The first-order valence-corrected chi connectivity index (χ1v) is 12.1. The van der Waals surface area contributed by atoms with Gasteiger partial charge in [0, 0.05) is 6.54 Å². The average Bonchev–Trinajstić information content (AvgIpc) is 2.86. The molecular weight excluding hydrogens is 456 g/mol. The Hall–Kier alpha value is -3.72. The van der Waals surface area contributed by atoms with Crippen LogP contribution in [0.15, 0.2) is 71.6 Å². The molecule has 1 aliphatic heterocycles. The van der Waals surface area contributed by atoms with Crippen molar-refractivity contribution in [1.82, 2.24) is 5.32 Å². The molecule has 0 saturated carbocycles. The van der Waals surface area contributed by atoms with Gasteiger partial charge in [-0.15, -0.1) is 0 Å². The molecule has 0 aromatic heterocycles. The Morgan fingerprint density at radius 1 is 1.03 bits per heavy atom. The maximum atomic E-state index is 13.4. The second kappa shape index (κ2) is 9.64. The zero-order valence-corrected chi connectivity index (χ0v) is 20.0. The summed E-state index contributed by atoms with van der Waals surface area (Å²) < 4.78 is 44.6. The predicted molar refractivity (Wildman–Crippen MR) is 128 cm³/mol. The van der Waals surface area contributed by atoms with E-state index in [4.69, 9.17) is 14.2 Å². The molecule has 1 atom stereocenters. The van der Waals surface area contributed by atoms with Crippen molar-refractivity contribution in [3.8, 4) is 17.2 Å². The summed E-state index contributed by atoms with van der Waals surface area (Å²) in [4.78, 5) is 13.2. The highest BCUT2D eigenvalue weighted by Gasteiger charge is 2.37. The lowest BCUT2D eigenvalue weighted by atomic mass is 10.1. The summed E-state index contributed by atoms with van der Waals surface area (Å²) in [5.41, 5.74) is 2.09. The Morgan fingerprint density at radius 2 is 1.76 bits per heavy atom. The molecule has 0 aliphatic carbocycles. The molecule has 0 fully saturated rings. The van der Waals surface area contributed by atoms with Gasteiger partial charge in [0.1, 0.15) is 5.75 Å². The highest BCUT2D eigenvalue weighted by Crippen LogP contribution is 2.37. The van der Waals surface area contributed by atoms with Crippen LogP contribution in [0.5, 0.6) is 17.2 Å². The molecule has 0 spiro atoms. The normalized spacial score (nSPS) is 15.1. The smallest absolute Gasteiger partial charge is 0.264 e. The first-order chi connectivity index (χ1) is 16.3. The number of aryl methyl sites for hydroxylation is 1. The number of fused-ring (bicyclic) bond motifs is 1. The number of ether oxygens (including phenoxy) is 3. The number of nitrogens with one attached hydrogen (secondary N) is 1. The van der Waals surface area contributed by atoms with Crippen LogP contribution in [0.3, 0.4) is 0 Å². The van der Waals surface area contributed by atoms with Crippen molar-refractivity contribution in [2.45, 2.75) is 24.5 Å². The molecule has 1 aliphatic rings. The van der Waals surface area contributed by atoms with Crippen LogP contribution in [0.4, 0.5) is 5.69 Å². The van der Waals surface area contributed by atoms with Gasteiger partial charge in [0.15, 0.2) is 17.6 Å². The number of carbonyl (C=O) groups excluding carboxylic acids is 1. The van der Waals surface area contributed by atoms with Crippen molar-refractivity contribution in [1.29, 1.82) is 0 Å². The maximum absolute atomic E-state index is 13.4. The monoisotopic (exact) mass is 482 g/mol. The van der Waals surface area contributed by atoms with E-state index in [0.717, 1.165) is 11.1 Å². The number of carbonyl (C=O) groups is 1. The number of methoxy groups -OCH3 is 2. The van der Waals surface area contributed by atoms with Gasteiger partial charge in [-0.05, 0) is 54.4 Å². The third-order valence-electron chi connectivity index (χ3n) is 5.52. The molecule has 8 nitrogen and oxygen atoms in total. The molecule has 3 aromatic carbocycles. The molecule has 3 aromatic rings. The Bertz CT molecular complexity index is 1290. The molecule has 0 unspecified atom stereocenters. The van der Waals surface area contributed by atoms with Gasteiger partial charge in [-0.3, -0.25) is 9.10 Å². The van der Waals surface area contributed by atoms with Crippen molar-refractivity contribution in [2.24, 2.45) is 0 Å². The van der Waals surface area contributed by atoms with Gasteiger partial charge in [-0.2, -0.15) is 0 Å². The second-order valence-electron chi connectivity index (χ2n) is 7.83. The van der Waals surface area contributed by atoms with Crippen LogP contribution >= 0.6 is 0 Å². The molecule has 0 bridgehead atoms. The minimum Gasteiger partial charge on any atom is -0.493 e. The number of rotatable bonds is 7. The van der Waals surface area contributed by atoms with Crippen molar-refractivity contribution in [2.75, 3.05) is 25.1 Å². The van der Waals surface area contributed by atoms with Gasteiger partial charge in [-0.25, -0.2) is 8.42 Å². The molecule has 34 heavy (non-hydrogen) atoms. The fraction of sp³-hybridized carbons (Fsp3) is 0.240. The van der Waals surface area contributed by atoms with Crippen LogP contribution in [-0.4, -0.2) is 41.2 Å². The summed E-state index contributed by atoms with van der Waals surface area (Å²) in [6.07, 6.45) is -1.02. The Balaban J connectivity index is 1.58. The zero-order chi connectivity index (χ0) is 24.3. The first-order valence-electron chi connectivity index (χ1n) is 10.7. The van der Waals surface area contributed by atoms with Crippen LogP contribution in [-0.2, 0) is 21.4 Å². The highest BCUT2D eigenvalue weighted by atomic mass is 32.2. The Labute approximate surface area is 199 Å². The lowest BCUT2D eigenvalue weighted by Gasteiger charge is -2.35. The van der Waals surface area contributed by atoms with E-state index < -0.39 is 22.0 Å². The van der Waals surface area contributed by atoms with Gasteiger partial charge in [0.25, 0.3) is 15.9 Å². The summed E-state index contributed by atoms with van der Waals surface area (Å²) in [5.74, 6) is 1.06. The number of hydrogen-bond donors (Lipinski definition) is 1. The zero-order valence-electron chi connectivity index (χ0n) is 19.1. The van der Waals surface area contributed by atoms with Gasteiger partial charge >= 0.3 is 0 Å². The van der Waals surface area contributed by atoms with Crippen LogP contribution < -0.4 is 23.8 Å². The second-order valence-corrected chi connectivity index (χ2v) is 9.70. The van der Waals surface area contributed by atoms with E-state index in [1.54, 1.807) is 49.6 Å². The van der Waals surface area contributed by atoms with Crippen LogP contribution in [0.1, 0.15) is 11.1 Å². The van der Waals surface area contributed by atoms with Crippen molar-refractivity contribution in [3.05, 3.63) is 77.9 Å². The fourth-order valence-electron chi connectivity index (χ4n) is 3.74. The summed E-state index contributed by atoms with van der Waals surface area (Å²) in [6.45, 7) is 1.94. The van der Waals surface area contributed by atoms with E-state index in [1.165, 1.54) is 23.5 Å². The van der Waals surface area contributed by atoms with Crippen LogP contribution in [0.25, 0.3) is 0 Å². The standard InChI is InChI=1S/C25H26N2O6S/c1-17-9-11-20-22(13-17)33-24(16-27(20)34(29,30)19-7-5-4-6-8-19)25(28)26-15-18-10-12-21(31-2)23(14-18)32-3/h4-14,24H,15-16H2,1-3H3,(H,26,28)/t24-/m1/s1. The van der Waals surface area contributed by atoms with E-state index in [2.05, 4.69) is 5.32 Å². The SMILES string of the molecule is COc1ccc(CNC(=O)[C@H]2CN(S(=O)(=O)c3ccccc3)c3ccc(C)cc3O2)cc1OC. The van der Waals surface area contributed by atoms with Gasteiger partial charge in [-0.1, -0.05) is 30.3 Å². The quantitative estimate of drug-likeness (QED) is 0.556. The van der Waals surface area contributed by atoms with E-state index in [-0.39, 0.29) is 18.0 Å². The number of sulfonamides is 1. The van der Waals surface area contributed by atoms with Gasteiger partial charge < -0.3 is 19.5 Å². The molecule has 1 amide bonds.